The van der Waals surface area contributed by atoms with Gasteiger partial charge in [0.15, 0.2) is 0 Å². The van der Waals surface area contributed by atoms with Crippen LogP contribution in [0.25, 0.3) is 0 Å². The molecule has 0 saturated heterocycles. The topological polar surface area (TPSA) is 96.9 Å². The second-order valence-electron chi connectivity index (χ2n) is 6.35. The summed E-state index contributed by atoms with van der Waals surface area (Å²) >= 11 is 5.86. The number of amides is 2. The lowest BCUT2D eigenvalue weighted by Crippen LogP contribution is -2.33. The lowest BCUT2D eigenvalue weighted by Gasteiger charge is -2.10. The van der Waals surface area contributed by atoms with Gasteiger partial charge in [-0.3, -0.25) is 9.59 Å². The highest BCUT2D eigenvalue weighted by Crippen LogP contribution is 2.20. The smallest absolute Gasteiger partial charge is 0.343 e. The number of para-hydroxylation sites is 1. The van der Waals surface area contributed by atoms with Gasteiger partial charge in [0.1, 0.15) is 5.75 Å². The molecular formula is C23H18ClN3O4. The maximum Gasteiger partial charge on any atom is 0.343 e. The second-order valence-corrected chi connectivity index (χ2v) is 6.79. The highest BCUT2D eigenvalue weighted by atomic mass is 35.5. The van der Waals surface area contributed by atoms with Gasteiger partial charge in [-0.1, -0.05) is 48.0 Å². The van der Waals surface area contributed by atoms with Gasteiger partial charge in [0, 0.05) is 16.3 Å². The number of carbonyl (C=O) groups excluding carboxylic acids is 3. The number of nitrogens with one attached hydrogen (secondary N) is 2. The maximum atomic E-state index is 12.3. The zero-order valence-corrected chi connectivity index (χ0v) is 17.2. The summed E-state index contributed by atoms with van der Waals surface area (Å²) in [6.07, 6.45) is 0. The third kappa shape index (κ3) is 6.01. The van der Waals surface area contributed by atoms with Gasteiger partial charge in [0.25, 0.3) is 0 Å². The number of carbonyl (C=O) groups is 3. The Morgan fingerprint density at radius 3 is 2.32 bits per heavy atom. The fraction of sp³-hybridized carbons (Fsp3) is 0.0435. The van der Waals surface area contributed by atoms with Crippen molar-refractivity contribution in [2.45, 2.75) is 6.92 Å². The van der Waals surface area contributed by atoms with Gasteiger partial charge in [0.2, 0.25) is 0 Å². The molecule has 0 heterocycles. The number of halogens is 1. The van der Waals surface area contributed by atoms with Crippen LogP contribution in [0.4, 0.5) is 5.69 Å². The summed E-state index contributed by atoms with van der Waals surface area (Å²) in [5, 5.41) is 6.81. The Balaban J connectivity index is 1.68. The standard InChI is InChI=1S/C23H18ClN3O4/c1-15(26-27-22(29)21(28)25-18-11-7-10-17(24)14-18)19-12-5-6-13-20(19)31-23(30)16-8-3-2-4-9-16/h2-14H,1H3,(H,25,28)(H,27,29)/b26-15+. The number of hydrogen-bond donors (Lipinski definition) is 2. The van der Waals surface area contributed by atoms with E-state index in [9.17, 15) is 14.4 Å². The summed E-state index contributed by atoms with van der Waals surface area (Å²) < 4.78 is 5.47. The van der Waals surface area contributed by atoms with E-state index in [0.29, 0.717) is 27.5 Å². The Kier molecular flexibility index (Phi) is 7.13. The van der Waals surface area contributed by atoms with Gasteiger partial charge < -0.3 is 10.1 Å². The van der Waals surface area contributed by atoms with E-state index < -0.39 is 17.8 Å². The lowest BCUT2D eigenvalue weighted by molar-refractivity contribution is -0.136. The summed E-state index contributed by atoms with van der Waals surface area (Å²) in [6.45, 7) is 1.62. The monoisotopic (exact) mass is 435 g/mol. The van der Waals surface area contributed by atoms with Gasteiger partial charge >= 0.3 is 17.8 Å². The summed E-state index contributed by atoms with van der Waals surface area (Å²) in [5.41, 5.74) is 3.81. The fourth-order valence-electron chi connectivity index (χ4n) is 2.59. The van der Waals surface area contributed by atoms with E-state index in [2.05, 4.69) is 15.8 Å². The molecule has 0 spiro atoms. The van der Waals surface area contributed by atoms with Gasteiger partial charge in [-0.05, 0) is 49.4 Å². The lowest BCUT2D eigenvalue weighted by atomic mass is 10.1. The Morgan fingerprint density at radius 1 is 0.871 bits per heavy atom. The van der Waals surface area contributed by atoms with Crippen LogP contribution in [0.1, 0.15) is 22.8 Å². The minimum absolute atomic E-state index is 0.273. The molecular weight excluding hydrogens is 418 g/mol. The number of ether oxygens (including phenoxy) is 1. The molecule has 3 aromatic carbocycles. The van der Waals surface area contributed by atoms with Crippen molar-refractivity contribution in [3.8, 4) is 5.75 Å². The first-order chi connectivity index (χ1) is 14.9. The largest absolute Gasteiger partial charge is 0.422 e. The van der Waals surface area contributed by atoms with E-state index in [1.807, 2.05) is 0 Å². The molecule has 8 heteroatoms. The summed E-state index contributed by atoms with van der Waals surface area (Å²) in [5.74, 6) is -2.11. The predicted molar refractivity (Wildman–Crippen MR) is 118 cm³/mol. The molecule has 0 unspecified atom stereocenters. The van der Waals surface area contributed by atoms with Crippen molar-refractivity contribution in [1.29, 1.82) is 0 Å². The maximum absolute atomic E-state index is 12.3. The summed E-state index contributed by atoms with van der Waals surface area (Å²) in [4.78, 5) is 36.5. The molecule has 0 aliphatic rings. The number of nitrogens with zero attached hydrogens (tertiary/aromatic N) is 1. The molecule has 2 N–H and O–H groups in total. The van der Waals surface area contributed by atoms with Crippen molar-refractivity contribution in [2.75, 3.05) is 5.32 Å². The Morgan fingerprint density at radius 2 is 1.58 bits per heavy atom. The molecule has 0 aromatic heterocycles. The first-order valence-electron chi connectivity index (χ1n) is 9.22. The van der Waals surface area contributed by atoms with Crippen molar-refractivity contribution < 1.29 is 19.1 Å². The fourth-order valence-corrected chi connectivity index (χ4v) is 2.78. The van der Waals surface area contributed by atoms with E-state index >= 15 is 0 Å². The van der Waals surface area contributed by atoms with Gasteiger partial charge in [-0.15, -0.1) is 0 Å². The average molecular weight is 436 g/mol. The predicted octanol–water partition coefficient (Wildman–Crippen LogP) is 4.04. The third-order valence-corrected chi connectivity index (χ3v) is 4.34. The number of benzene rings is 3. The van der Waals surface area contributed by atoms with Crippen molar-refractivity contribution >= 4 is 40.8 Å². The SMILES string of the molecule is C/C(=N\NC(=O)C(=O)Nc1cccc(Cl)c1)c1ccccc1OC(=O)c1ccccc1. The van der Waals surface area contributed by atoms with Crippen LogP contribution in [0.15, 0.2) is 84.0 Å². The summed E-state index contributed by atoms with van der Waals surface area (Å²) in [6, 6.07) is 21.7. The Bertz CT molecular complexity index is 1150. The molecule has 0 radical (unpaired) electrons. The second kappa shape index (κ2) is 10.2. The van der Waals surface area contributed by atoms with Gasteiger partial charge in [-0.2, -0.15) is 5.10 Å². The Hall–Kier alpha value is -3.97. The van der Waals surface area contributed by atoms with E-state index in [1.165, 1.54) is 6.07 Å². The molecule has 7 nitrogen and oxygen atoms in total. The normalized spacial score (nSPS) is 10.8. The average Bonchev–Trinajstić information content (AvgIpc) is 2.78. The number of hydrazone groups is 1. The van der Waals surface area contributed by atoms with E-state index in [1.54, 1.807) is 79.7 Å². The molecule has 2 amide bonds. The van der Waals surface area contributed by atoms with Crippen LogP contribution >= 0.6 is 11.6 Å². The molecule has 0 atom stereocenters. The van der Waals surface area contributed by atoms with Crippen LogP contribution in [-0.4, -0.2) is 23.5 Å². The van der Waals surface area contributed by atoms with E-state index in [4.69, 9.17) is 16.3 Å². The molecule has 0 fully saturated rings. The first kappa shape index (κ1) is 21.7. The highest BCUT2D eigenvalue weighted by Gasteiger charge is 2.15. The van der Waals surface area contributed by atoms with E-state index in [-0.39, 0.29) is 5.75 Å². The van der Waals surface area contributed by atoms with Crippen molar-refractivity contribution in [3.05, 3.63) is 95.0 Å². The number of anilines is 1. The molecule has 0 aliphatic carbocycles. The Labute approximate surface area is 183 Å². The van der Waals surface area contributed by atoms with E-state index in [0.717, 1.165) is 0 Å². The molecule has 3 aromatic rings. The zero-order chi connectivity index (χ0) is 22.2. The molecule has 156 valence electrons. The summed E-state index contributed by atoms with van der Waals surface area (Å²) in [7, 11) is 0. The minimum atomic E-state index is -0.960. The zero-order valence-electron chi connectivity index (χ0n) is 16.5. The van der Waals surface area contributed by atoms with Gasteiger partial charge in [0.05, 0.1) is 11.3 Å². The number of esters is 1. The van der Waals surface area contributed by atoms with Crippen molar-refractivity contribution in [2.24, 2.45) is 5.10 Å². The van der Waals surface area contributed by atoms with Crippen LogP contribution in [-0.2, 0) is 9.59 Å². The highest BCUT2D eigenvalue weighted by molar-refractivity contribution is 6.40. The van der Waals surface area contributed by atoms with Crippen LogP contribution in [0.3, 0.4) is 0 Å². The van der Waals surface area contributed by atoms with Crippen molar-refractivity contribution in [3.63, 3.8) is 0 Å². The van der Waals surface area contributed by atoms with Crippen LogP contribution in [0.2, 0.25) is 5.02 Å². The van der Waals surface area contributed by atoms with Crippen molar-refractivity contribution in [1.82, 2.24) is 5.43 Å². The number of rotatable bonds is 5. The van der Waals surface area contributed by atoms with Gasteiger partial charge in [-0.25, -0.2) is 10.2 Å². The first-order valence-corrected chi connectivity index (χ1v) is 9.59. The molecule has 0 aliphatic heterocycles. The molecule has 31 heavy (non-hydrogen) atoms. The number of hydrogen-bond acceptors (Lipinski definition) is 5. The van der Waals surface area contributed by atoms with Crippen LogP contribution in [0, 0.1) is 0 Å². The molecule has 0 saturated carbocycles. The molecule has 3 rings (SSSR count). The minimum Gasteiger partial charge on any atom is -0.422 e. The van der Waals surface area contributed by atoms with Crippen LogP contribution < -0.4 is 15.5 Å². The van der Waals surface area contributed by atoms with Crippen LogP contribution in [0.5, 0.6) is 5.75 Å². The quantitative estimate of drug-likeness (QED) is 0.208. The molecule has 0 bridgehead atoms. The third-order valence-electron chi connectivity index (χ3n) is 4.10.